The molecule has 2 saturated carbocycles. The Labute approximate surface area is 92.4 Å². The van der Waals surface area contributed by atoms with E-state index in [0.717, 1.165) is 25.6 Å². The van der Waals surface area contributed by atoms with Gasteiger partial charge in [-0.05, 0) is 32.2 Å². The number of amides is 1. The zero-order valence-corrected chi connectivity index (χ0v) is 10.1. The Balaban J connectivity index is 1.67. The third-order valence-electron chi connectivity index (χ3n) is 3.76. The van der Waals surface area contributed by atoms with Crippen LogP contribution in [0.4, 0.5) is 0 Å². The lowest BCUT2D eigenvalue weighted by Crippen LogP contribution is -2.36. The van der Waals surface area contributed by atoms with Gasteiger partial charge in [0, 0.05) is 32.1 Å². The highest BCUT2D eigenvalue weighted by molar-refractivity contribution is 5.81. The van der Waals surface area contributed by atoms with Crippen LogP contribution >= 0.6 is 0 Å². The highest BCUT2D eigenvalue weighted by Crippen LogP contribution is 2.38. The van der Waals surface area contributed by atoms with E-state index < -0.39 is 0 Å². The van der Waals surface area contributed by atoms with E-state index in [2.05, 4.69) is 18.9 Å². The van der Waals surface area contributed by atoms with Crippen molar-refractivity contribution < 1.29 is 4.79 Å². The minimum absolute atomic E-state index is 0.334. The molecule has 0 aliphatic heterocycles. The third-order valence-corrected chi connectivity index (χ3v) is 3.76. The molecule has 2 unspecified atom stereocenters. The SMILES string of the molecule is CC1CC1C(=O)N(C)CCN(C)C1CC1. The Morgan fingerprint density at radius 2 is 1.87 bits per heavy atom. The molecule has 0 saturated heterocycles. The van der Waals surface area contributed by atoms with Crippen molar-refractivity contribution in [2.75, 3.05) is 27.2 Å². The highest BCUT2D eigenvalue weighted by Gasteiger charge is 2.40. The Morgan fingerprint density at radius 3 is 2.33 bits per heavy atom. The normalized spacial score (nSPS) is 29.3. The van der Waals surface area contributed by atoms with Gasteiger partial charge in [-0.3, -0.25) is 4.79 Å². The largest absolute Gasteiger partial charge is 0.344 e. The lowest BCUT2D eigenvalue weighted by Gasteiger charge is -2.22. The Hall–Kier alpha value is -0.570. The van der Waals surface area contributed by atoms with Crippen LogP contribution in [0.15, 0.2) is 0 Å². The van der Waals surface area contributed by atoms with E-state index in [4.69, 9.17) is 0 Å². The summed E-state index contributed by atoms with van der Waals surface area (Å²) in [5.74, 6) is 1.31. The van der Waals surface area contributed by atoms with Crippen molar-refractivity contribution in [1.82, 2.24) is 9.80 Å². The molecule has 0 heterocycles. The van der Waals surface area contributed by atoms with Gasteiger partial charge >= 0.3 is 0 Å². The van der Waals surface area contributed by atoms with Crippen molar-refractivity contribution in [3.63, 3.8) is 0 Å². The molecule has 0 spiro atoms. The van der Waals surface area contributed by atoms with E-state index in [1.54, 1.807) is 0 Å². The fourth-order valence-corrected chi connectivity index (χ4v) is 2.07. The van der Waals surface area contributed by atoms with Crippen LogP contribution in [0.2, 0.25) is 0 Å². The van der Waals surface area contributed by atoms with Gasteiger partial charge in [0.2, 0.25) is 5.91 Å². The van der Waals surface area contributed by atoms with Gasteiger partial charge in [0.05, 0.1) is 0 Å². The number of nitrogens with zero attached hydrogens (tertiary/aromatic N) is 2. The molecule has 2 rings (SSSR count). The first kappa shape index (κ1) is 10.9. The summed E-state index contributed by atoms with van der Waals surface area (Å²) in [5.41, 5.74) is 0. The fourth-order valence-electron chi connectivity index (χ4n) is 2.07. The van der Waals surface area contributed by atoms with E-state index in [1.165, 1.54) is 12.8 Å². The summed E-state index contributed by atoms with van der Waals surface area (Å²) in [6, 6.07) is 0.799. The van der Waals surface area contributed by atoms with Gasteiger partial charge in [-0.25, -0.2) is 0 Å². The van der Waals surface area contributed by atoms with Crippen molar-refractivity contribution in [1.29, 1.82) is 0 Å². The average Bonchev–Trinajstić information content (AvgIpc) is 3.05. The van der Waals surface area contributed by atoms with E-state index in [0.29, 0.717) is 17.7 Å². The zero-order valence-electron chi connectivity index (χ0n) is 10.1. The first-order valence-electron chi connectivity index (χ1n) is 6.05. The van der Waals surface area contributed by atoms with Crippen LogP contribution in [0.5, 0.6) is 0 Å². The molecule has 3 heteroatoms. The monoisotopic (exact) mass is 210 g/mol. The molecular formula is C12H22N2O. The maximum atomic E-state index is 11.8. The Morgan fingerprint density at radius 1 is 1.27 bits per heavy atom. The second-order valence-electron chi connectivity index (χ2n) is 5.29. The predicted molar refractivity (Wildman–Crippen MR) is 60.6 cm³/mol. The fraction of sp³-hybridized carbons (Fsp3) is 0.917. The number of rotatable bonds is 5. The quantitative estimate of drug-likeness (QED) is 0.680. The molecule has 0 N–H and O–H groups in total. The molecular weight excluding hydrogens is 188 g/mol. The molecule has 0 aromatic carbocycles. The molecule has 0 radical (unpaired) electrons. The summed E-state index contributed by atoms with van der Waals surface area (Å²) >= 11 is 0. The van der Waals surface area contributed by atoms with E-state index in [9.17, 15) is 4.79 Å². The van der Waals surface area contributed by atoms with Gasteiger partial charge in [0.25, 0.3) is 0 Å². The molecule has 3 nitrogen and oxygen atoms in total. The molecule has 2 aliphatic carbocycles. The Kier molecular flexibility index (Phi) is 3.01. The maximum absolute atomic E-state index is 11.8. The van der Waals surface area contributed by atoms with Crippen LogP contribution in [0.25, 0.3) is 0 Å². The van der Waals surface area contributed by atoms with Gasteiger partial charge in [-0.1, -0.05) is 6.92 Å². The second-order valence-corrected chi connectivity index (χ2v) is 5.29. The number of hydrogen-bond donors (Lipinski definition) is 0. The van der Waals surface area contributed by atoms with E-state index in [-0.39, 0.29) is 0 Å². The minimum atomic E-state index is 0.334. The smallest absolute Gasteiger partial charge is 0.225 e. The summed E-state index contributed by atoms with van der Waals surface area (Å²) in [5, 5.41) is 0. The van der Waals surface area contributed by atoms with Crippen LogP contribution in [0, 0.1) is 11.8 Å². The summed E-state index contributed by atoms with van der Waals surface area (Å²) in [7, 11) is 4.10. The van der Waals surface area contributed by atoms with Gasteiger partial charge in [0.15, 0.2) is 0 Å². The standard InChI is InChI=1S/C12H22N2O/c1-9-8-11(9)12(15)14(3)7-6-13(2)10-4-5-10/h9-11H,4-8H2,1-3H3. The van der Waals surface area contributed by atoms with Crippen molar-refractivity contribution in [3.8, 4) is 0 Å². The van der Waals surface area contributed by atoms with Crippen molar-refractivity contribution >= 4 is 5.91 Å². The molecule has 2 fully saturated rings. The molecule has 0 bridgehead atoms. The predicted octanol–water partition coefficient (Wildman–Crippen LogP) is 1.19. The average molecular weight is 210 g/mol. The summed E-state index contributed by atoms with van der Waals surface area (Å²) in [4.78, 5) is 16.1. The number of likely N-dealkylation sites (N-methyl/N-ethyl adjacent to an activating group) is 2. The van der Waals surface area contributed by atoms with E-state index >= 15 is 0 Å². The van der Waals surface area contributed by atoms with E-state index in [1.807, 2.05) is 11.9 Å². The zero-order chi connectivity index (χ0) is 11.0. The van der Waals surface area contributed by atoms with Crippen molar-refractivity contribution in [3.05, 3.63) is 0 Å². The van der Waals surface area contributed by atoms with Crippen LogP contribution in [0.3, 0.4) is 0 Å². The molecule has 2 atom stereocenters. The molecule has 0 aromatic rings. The highest BCUT2D eigenvalue weighted by atomic mass is 16.2. The summed E-state index contributed by atoms with van der Waals surface area (Å²) in [6.07, 6.45) is 3.78. The van der Waals surface area contributed by atoms with Crippen LogP contribution in [-0.4, -0.2) is 48.9 Å². The molecule has 0 aromatic heterocycles. The van der Waals surface area contributed by atoms with Crippen LogP contribution < -0.4 is 0 Å². The Bertz CT molecular complexity index is 250. The first-order chi connectivity index (χ1) is 7.09. The topological polar surface area (TPSA) is 23.6 Å². The molecule has 86 valence electrons. The van der Waals surface area contributed by atoms with Gasteiger partial charge in [0.1, 0.15) is 0 Å². The molecule has 1 amide bonds. The third kappa shape index (κ3) is 2.71. The molecule has 15 heavy (non-hydrogen) atoms. The second kappa shape index (κ2) is 4.12. The first-order valence-corrected chi connectivity index (χ1v) is 6.05. The van der Waals surface area contributed by atoms with Crippen LogP contribution in [-0.2, 0) is 4.79 Å². The maximum Gasteiger partial charge on any atom is 0.225 e. The van der Waals surface area contributed by atoms with Crippen molar-refractivity contribution in [2.45, 2.75) is 32.2 Å². The lowest BCUT2D eigenvalue weighted by molar-refractivity contribution is -0.131. The van der Waals surface area contributed by atoms with Gasteiger partial charge < -0.3 is 9.80 Å². The van der Waals surface area contributed by atoms with Crippen molar-refractivity contribution in [2.24, 2.45) is 11.8 Å². The number of hydrogen-bond acceptors (Lipinski definition) is 2. The van der Waals surface area contributed by atoms with Gasteiger partial charge in [-0.15, -0.1) is 0 Å². The van der Waals surface area contributed by atoms with Gasteiger partial charge in [-0.2, -0.15) is 0 Å². The van der Waals surface area contributed by atoms with Crippen LogP contribution in [0.1, 0.15) is 26.2 Å². The number of carbonyl (C=O) groups is 1. The number of carbonyl (C=O) groups excluding carboxylic acids is 1. The minimum Gasteiger partial charge on any atom is -0.344 e. The molecule has 2 aliphatic rings. The summed E-state index contributed by atoms with van der Waals surface area (Å²) < 4.78 is 0. The summed E-state index contributed by atoms with van der Waals surface area (Å²) in [6.45, 7) is 4.07. The lowest BCUT2D eigenvalue weighted by atomic mass is 10.3.